The lowest BCUT2D eigenvalue weighted by Gasteiger charge is -2.08. The summed E-state index contributed by atoms with van der Waals surface area (Å²) in [6.45, 7) is 4.98. The highest BCUT2D eigenvalue weighted by Gasteiger charge is 2.22. The van der Waals surface area contributed by atoms with Crippen LogP contribution in [-0.2, 0) is 10.0 Å². The van der Waals surface area contributed by atoms with Crippen LogP contribution in [0.1, 0.15) is 17.3 Å². The SMILES string of the molecule is Cc1nnc(-c2cccc(NS(=O)(=O)c3c(C)n[nH]c3C)c2)o1. The second-order valence-corrected chi connectivity index (χ2v) is 6.69. The monoisotopic (exact) mass is 333 g/mol. The standard InChI is InChI=1S/C14H15N5O3S/c1-8-13(9(2)16-15-8)23(20,21)19-12-6-4-5-11(7-12)14-18-17-10(3)22-14/h4-7,19H,1-3H3,(H,15,16). The summed E-state index contributed by atoms with van der Waals surface area (Å²) in [6, 6.07) is 6.76. The number of aryl methyl sites for hydroxylation is 3. The number of sulfonamides is 1. The van der Waals surface area contributed by atoms with Crippen LogP contribution in [0.15, 0.2) is 33.6 Å². The number of nitrogens with one attached hydrogen (secondary N) is 2. The van der Waals surface area contributed by atoms with Gasteiger partial charge in [0.2, 0.25) is 11.8 Å². The second-order valence-electron chi connectivity index (χ2n) is 5.08. The lowest BCUT2D eigenvalue weighted by atomic mass is 10.2. The molecule has 2 heterocycles. The van der Waals surface area contributed by atoms with Crippen molar-refractivity contribution in [2.75, 3.05) is 4.72 Å². The first-order valence-corrected chi connectivity index (χ1v) is 8.30. The van der Waals surface area contributed by atoms with E-state index in [0.29, 0.717) is 34.4 Å². The minimum atomic E-state index is -3.74. The van der Waals surface area contributed by atoms with Crippen LogP contribution in [0.2, 0.25) is 0 Å². The Bertz CT molecular complexity index is 939. The number of anilines is 1. The molecule has 9 heteroatoms. The maximum Gasteiger partial charge on any atom is 0.265 e. The minimum Gasteiger partial charge on any atom is -0.421 e. The van der Waals surface area contributed by atoms with Gasteiger partial charge >= 0.3 is 0 Å². The Morgan fingerprint density at radius 2 is 1.96 bits per heavy atom. The van der Waals surface area contributed by atoms with Gasteiger partial charge in [-0.15, -0.1) is 10.2 Å². The smallest absolute Gasteiger partial charge is 0.265 e. The van der Waals surface area contributed by atoms with Crippen molar-refractivity contribution < 1.29 is 12.8 Å². The summed E-state index contributed by atoms with van der Waals surface area (Å²) in [5.41, 5.74) is 1.93. The Balaban J connectivity index is 1.94. The van der Waals surface area contributed by atoms with E-state index in [0.717, 1.165) is 0 Å². The molecule has 2 N–H and O–H groups in total. The zero-order valence-corrected chi connectivity index (χ0v) is 13.6. The van der Waals surface area contributed by atoms with Gasteiger partial charge < -0.3 is 4.42 Å². The van der Waals surface area contributed by atoms with Crippen LogP contribution in [0.25, 0.3) is 11.5 Å². The summed E-state index contributed by atoms with van der Waals surface area (Å²) < 4.78 is 33.0. The van der Waals surface area contributed by atoms with Gasteiger partial charge in [0, 0.05) is 18.2 Å². The molecule has 3 rings (SSSR count). The third kappa shape index (κ3) is 2.95. The summed E-state index contributed by atoms with van der Waals surface area (Å²) in [7, 11) is -3.74. The van der Waals surface area contributed by atoms with Gasteiger partial charge in [0.1, 0.15) is 4.90 Å². The number of benzene rings is 1. The molecule has 0 aliphatic heterocycles. The molecule has 0 aliphatic carbocycles. The number of nitrogens with zero attached hydrogens (tertiary/aromatic N) is 3. The van der Waals surface area contributed by atoms with Crippen molar-refractivity contribution >= 4 is 15.7 Å². The maximum absolute atomic E-state index is 12.5. The van der Waals surface area contributed by atoms with Crippen LogP contribution < -0.4 is 4.72 Å². The van der Waals surface area contributed by atoms with E-state index in [1.807, 2.05) is 0 Å². The first kappa shape index (κ1) is 15.2. The van der Waals surface area contributed by atoms with Gasteiger partial charge in [-0.1, -0.05) is 6.07 Å². The molecule has 0 aliphatic rings. The number of aromatic amines is 1. The number of hydrogen-bond acceptors (Lipinski definition) is 6. The van der Waals surface area contributed by atoms with Gasteiger partial charge in [-0.3, -0.25) is 9.82 Å². The molecule has 0 radical (unpaired) electrons. The Kier molecular flexibility index (Phi) is 3.64. The average Bonchev–Trinajstić information content (AvgIpc) is 3.05. The fourth-order valence-electron chi connectivity index (χ4n) is 2.27. The molecule has 1 aromatic carbocycles. The van der Waals surface area contributed by atoms with Gasteiger partial charge in [0.15, 0.2) is 0 Å². The molecule has 3 aromatic rings. The predicted octanol–water partition coefficient (Wildman–Crippen LogP) is 2.19. The molecule has 8 nitrogen and oxygen atoms in total. The van der Waals surface area contributed by atoms with E-state index in [9.17, 15) is 8.42 Å². The van der Waals surface area contributed by atoms with Crippen molar-refractivity contribution in [2.45, 2.75) is 25.7 Å². The number of H-pyrrole nitrogens is 1. The molecule has 0 saturated carbocycles. The lowest BCUT2D eigenvalue weighted by molar-refractivity contribution is 0.533. The van der Waals surface area contributed by atoms with Gasteiger partial charge in [-0.05, 0) is 32.0 Å². The summed E-state index contributed by atoms with van der Waals surface area (Å²) >= 11 is 0. The van der Waals surface area contributed by atoms with Gasteiger partial charge in [0.25, 0.3) is 10.0 Å². The predicted molar refractivity (Wildman–Crippen MR) is 83.3 cm³/mol. The van der Waals surface area contributed by atoms with Gasteiger partial charge in [-0.2, -0.15) is 5.10 Å². The van der Waals surface area contributed by atoms with Crippen LogP contribution in [0, 0.1) is 20.8 Å². The molecule has 0 amide bonds. The highest BCUT2D eigenvalue weighted by Crippen LogP contribution is 2.25. The van der Waals surface area contributed by atoms with Crippen molar-refractivity contribution in [1.82, 2.24) is 20.4 Å². The van der Waals surface area contributed by atoms with Crippen molar-refractivity contribution in [3.8, 4) is 11.5 Å². The lowest BCUT2D eigenvalue weighted by Crippen LogP contribution is -2.14. The highest BCUT2D eigenvalue weighted by atomic mass is 32.2. The second kappa shape index (κ2) is 5.51. The zero-order valence-electron chi connectivity index (χ0n) is 12.8. The fourth-order valence-corrected chi connectivity index (χ4v) is 3.69. The van der Waals surface area contributed by atoms with Crippen molar-refractivity contribution in [3.05, 3.63) is 41.5 Å². The number of aromatic nitrogens is 4. The quantitative estimate of drug-likeness (QED) is 0.756. The maximum atomic E-state index is 12.5. The van der Waals surface area contributed by atoms with Crippen LogP contribution >= 0.6 is 0 Å². The largest absolute Gasteiger partial charge is 0.421 e. The Morgan fingerprint density at radius 1 is 1.17 bits per heavy atom. The molecule has 0 unspecified atom stereocenters. The van der Waals surface area contributed by atoms with Gasteiger partial charge in [0.05, 0.1) is 11.4 Å². The van der Waals surface area contributed by atoms with Crippen LogP contribution in [0.3, 0.4) is 0 Å². The van der Waals surface area contributed by atoms with E-state index in [4.69, 9.17) is 4.42 Å². The van der Waals surface area contributed by atoms with Crippen LogP contribution in [0.4, 0.5) is 5.69 Å². The summed E-state index contributed by atoms with van der Waals surface area (Å²) in [6.07, 6.45) is 0. The van der Waals surface area contributed by atoms with Crippen LogP contribution in [-0.4, -0.2) is 28.8 Å². The number of rotatable bonds is 4. The van der Waals surface area contributed by atoms with E-state index < -0.39 is 10.0 Å². The molecule has 0 fully saturated rings. The van der Waals surface area contributed by atoms with E-state index in [1.54, 1.807) is 45.0 Å². The number of hydrogen-bond donors (Lipinski definition) is 2. The van der Waals surface area contributed by atoms with Gasteiger partial charge in [-0.25, -0.2) is 8.42 Å². The zero-order chi connectivity index (χ0) is 16.6. The van der Waals surface area contributed by atoms with Crippen molar-refractivity contribution in [1.29, 1.82) is 0 Å². The third-order valence-corrected chi connectivity index (χ3v) is 4.86. The fraction of sp³-hybridized carbons (Fsp3) is 0.214. The Labute approximate surface area is 133 Å². The topological polar surface area (TPSA) is 114 Å². The van der Waals surface area contributed by atoms with E-state index in [2.05, 4.69) is 25.1 Å². The normalized spacial score (nSPS) is 11.6. The molecule has 0 bridgehead atoms. The molecule has 0 saturated heterocycles. The summed E-state index contributed by atoms with van der Waals surface area (Å²) in [5, 5.41) is 14.3. The summed E-state index contributed by atoms with van der Waals surface area (Å²) in [5.74, 6) is 0.773. The molecule has 23 heavy (non-hydrogen) atoms. The molecule has 0 atom stereocenters. The van der Waals surface area contributed by atoms with E-state index >= 15 is 0 Å². The minimum absolute atomic E-state index is 0.150. The Hall–Kier alpha value is -2.68. The molecule has 120 valence electrons. The highest BCUT2D eigenvalue weighted by molar-refractivity contribution is 7.92. The first-order valence-electron chi connectivity index (χ1n) is 6.82. The van der Waals surface area contributed by atoms with Crippen LogP contribution in [0.5, 0.6) is 0 Å². The van der Waals surface area contributed by atoms with E-state index in [-0.39, 0.29) is 4.90 Å². The molecule has 2 aromatic heterocycles. The molecule has 0 spiro atoms. The van der Waals surface area contributed by atoms with E-state index in [1.165, 1.54) is 0 Å². The summed E-state index contributed by atoms with van der Waals surface area (Å²) in [4.78, 5) is 0.150. The Morgan fingerprint density at radius 3 is 2.57 bits per heavy atom. The molecular formula is C14H15N5O3S. The van der Waals surface area contributed by atoms with Crippen molar-refractivity contribution in [2.24, 2.45) is 0 Å². The first-order chi connectivity index (χ1) is 10.9. The van der Waals surface area contributed by atoms with Crippen molar-refractivity contribution in [3.63, 3.8) is 0 Å². The molecular weight excluding hydrogens is 318 g/mol. The average molecular weight is 333 g/mol. The third-order valence-electron chi connectivity index (χ3n) is 3.22.